The number of hydrogen-bond donors (Lipinski definition) is 0. The predicted octanol–water partition coefficient (Wildman–Crippen LogP) is 8.66. The van der Waals surface area contributed by atoms with Crippen LogP contribution in [0.3, 0.4) is 0 Å². The number of fused-ring (bicyclic) bond motifs is 3. The van der Waals surface area contributed by atoms with E-state index >= 15 is 0 Å². The Morgan fingerprint density at radius 2 is 1.64 bits per heavy atom. The monoisotopic (exact) mass is 433 g/mol. The molecule has 1 saturated carbocycles. The van der Waals surface area contributed by atoms with E-state index in [0.717, 1.165) is 70.0 Å². The average Bonchev–Trinajstić information content (AvgIpc) is 3.52. The lowest BCUT2D eigenvalue weighted by molar-refractivity contribution is 0.546. The van der Waals surface area contributed by atoms with Gasteiger partial charge in [0.1, 0.15) is 11.2 Å². The van der Waals surface area contributed by atoms with Crippen molar-refractivity contribution in [3.8, 4) is 22.4 Å². The Kier molecular flexibility index (Phi) is 4.49. The quantitative estimate of drug-likeness (QED) is 0.283. The van der Waals surface area contributed by atoms with Crippen molar-refractivity contribution in [1.82, 2.24) is 4.98 Å². The van der Waals surface area contributed by atoms with E-state index in [4.69, 9.17) is 7.16 Å². The first-order chi connectivity index (χ1) is 16.9. The molecular formula is C31H29NO. The highest BCUT2D eigenvalue weighted by molar-refractivity contribution is 6.07. The van der Waals surface area contributed by atoms with Crippen molar-refractivity contribution in [3.05, 3.63) is 89.6 Å². The molecule has 2 heteroatoms. The summed E-state index contributed by atoms with van der Waals surface area (Å²) in [5, 5.41) is 2.13. The number of furan rings is 1. The number of benzene rings is 3. The van der Waals surface area contributed by atoms with E-state index in [2.05, 4.69) is 61.3 Å². The number of aromatic nitrogens is 1. The summed E-state index contributed by atoms with van der Waals surface area (Å²) in [4.78, 5) is 4.60. The minimum atomic E-state index is -1.33. The van der Waals surface area contributed by atoms with Crippen molar-refractivity contribution >= 4 is 21.9 Å². The molecule has 0 spiro atoms. The number of hydrogen-bond acceptors (Lipinski definition) is 2. The first kappa shape index (κ1) is 18.1. The molecule has 0 atom stereocenters. The van der Waals surface area contributed by atoms with Gasteiger partial charge in [-0.2, -0.15) is 0 Å². The molecule has 2 heterocycles. The summed E-state index contributed by atoms with van der Waals surface area (Å²) in [7, 11) is 0. The predicted molar refractivity (Wildman–Crippen MR) is 138 cm³/mol. The Morgan fingerprint density at radius 1 is 0.848 bits per heavy atom. The minimum Gasteiger partial charge on any atom is -0.456 e. The zero-order valence-electron chi connectivity index (χ0n) is 21.2. The van der Waals surface area contributed by atoms with Crippen LogP contribution in [0.1, 0.15) is 45.1 Å². The third-order valence-corrected chi connectivity index (χ3v) is 7.02. The first-order valence-corrected chi connectivity index (χ1v) is 11.9. The van der Waals surface area contributed by atoms with Gasteiger partial charge in [-0.05, 0) is 96.4 Å². The molecule has 0 bridgehead atoms. The number of rotatable bonds is 4. The maximum atomic E-state index is 8.78. The van der Waals surface area contributed by atoms with Crippen LogP contribution in [0.2, 0.25) is 0 Å². The van der Waals surface area contributed by atoms with Gasteiger partial charge in [-0.15, -0.1) is 0 Å². The van der Waals surface area contributed by atoms with E-state index in [-0.39, 0.29) is 5.92 Å². The van der Waals surface area contributed by atoms with Crippen LogP contribution >= 0.6 is 0 Å². The van der Waals surface area contributed by atoms with Crippen molar-refractivity contribution in [3.63, 3.8) is 0 Å². The molecule has 0 aliphatic heterocycles. The van der Waals surface area contributed by atoms with Crippen LogP contribution in [0.25, 0.3) is 44.3 Å². The molecule has 0 unspecified atom stereocenters. The van der Waals surface area contributed by atoms with Crippen molar-refractivity contribution < 1.29 is 7.16 Å². The average molecular weight is 434 g/mol. The molecule has 6 rings (SSSR count). The van der Waals surface area contributed by atoms with Crippen molar-refractivity contribution in [2.24, 2.45) is 5.92 Å². The highest BCUT2D eigenvalue weighted by atomic mass is 16.3. The molecule has 164 valence electrons. The lowest BCUT2D eigenvalue weighted by atomic mass is 9.95. The largest absolute Gasteiger partial charge is 0.456 e. The van der Waals surface area contributed by atoms with Gasteiger partial charge < -0.3 is 4.42 Å². The van der Waals surface area contributed by atoms with Crippen LogP contribution in [-0.4, -0.2) is 4.98 Å². The van der Waals surface area contributed by atoms with Gasteiger partial charge in [-0.3, -0.25) is 4.98 Å². The fourth-order valence-corrected chi connectivity index (χ4v) is 5.35. The third kappa shape index (κ3) is 3.74. The van der Waals surface area contributed by atoms with Crippen molar-refractivity contribution in [2.75, 3.05) is 0 Å². The van der Waals surface area contributed by atoms with E-state index in [1.165, 1.54) is 16.7 Å². The Labute approximate surface area is 198 Å². The Hall–Kier alpha value is -3.39. The SMILES string of the molecule is [2H]C([2H])(c1ccnc(-c2ccc3oc4cc(-c5c(C)cccc5C)ccc4c3c2)c1)C1CCCC1. The van der Waals surface area contributed by atoms with Crippen LogP contribution in [0.15, 0.2) is 77.3 Å². The van der Waals surface area contributed by atoms with Crippen molar-refractivity contribution in [2.45, 2.75) is 45.9 Å². The third-order valence-electron chi connectivity index (χ3n) is 7.02. The first-order valence-electron chi connectivity index (χ1n) is 12.9. The highest BCUT2D eigenvalue weighted by Crippen LogP contribution is 2.36. The summed E-state index contributed by atoms with van der Waals surface area (Å²) in [6.45, 7) is 4.29. The van der Waals surface area contributed by atoms with Gasteiger partial charge in [-0.1, -0.05) is 49.9 Å². The molecule has 3 aromatic carbocycles. The maximum Gasteiger partial charge on any atom is 0.136 e. The molecule has 1 fully saturated rings. The summed E-state index contributed by atoms with van der Waals surface area (Å²) >= 11 is 0. The standard InChI is InChI=1S/C31H29NO/c1-20-6-5-7-21(2)31(20)25-10-12-26-27-18-24(11-13-29(27)33-30(26)19-25)28-17-23(14-15-32-28)16-22-8-3-4-9-22/h5-7,10-15,17-19,22H,3-4,8-9,16H2,1-2H3/i16D2. The van der Waals surface area contributed by atoms with Gasteiger partial charge in [0.05, 0.1) is 5.69 Å². The van der Waals surface area contributed by atoms with Crippen molar-refractivity contribution in [1.29, 1.82) is 0 Å². The molecule has 2 aromatic heterocycles. The van der Waals surface area contributed by atoms with Gasteiger partial charge in [0.25, 0.3) is 0 Å². The Morgan fingerprint density at radius 3 is 2.45 bits per heavy atom. The second-order valence-corrected chi connectivity index (χ2v) is 9.35. The van der Waals surface area contributed by atoms with E-state index in [1.54, 1.807) is 6.20 Å². The molecule has 33 heavy (non-hydrogen) atoms. The van der Waals surface area contributed by atoms with Crippen LogP contribution < -0.4 is 0 Å². The number of pyridine rings is 1. The lowest BCUT2D eigenvalue weighted by Crippen LogP contribution is -1.99. The van der Waals surface area contributed by atoms with Crippen LogP contribution in [0.4, 0.5) is 0 Å². The molecule has 2 nitrogen and oxygen atoms in total. The Bertz CT molecular complexity index is 1540. The molecule has 0 amide bonds. The van der Waals surface area contributed by atoms with E-state index < -0.39 is 6.37 Å². The van der Waals surface area contributed by atoms with E-state index in [1.807, 2.05) is 24.3 Å². The van der Waals surface area contributed by atoms with E-state index in [0.29, 0.717) is 0 Å². The summed E-state index contributed by atoms with van der Waals surface area (Å²) in [6.07, 6.45) is 4.58. The van der Waals surface area contributed by atoms with Crippen LogP contribution in [-0.2, 0) is 6.37 Å². The molecule has 0 radical (unpaired) electrons. The summed E-state index contributed by atoms with van der Waals surface area (Å²) in [5.41, 5.74) is 9.15. The second-order valence-electron chi connectivity index (χ2n) is 9.35. The molecule has 0 saturated heterocycles. The molecule has 5 aromatic rings. The fraction of sp³-hybridized carbons (Fsp3) is 0.258. The summed E-state index contributed by atoms with van der Waals surface area (Å²) in [6, 6.07) is 22.8. The lowest BCUT2D eigenvalue weighted by Gasteiger charge is -2.10. The highest BCUT2D eigenvalue weighted by Gasteiger charge is 2.16. The minimum absolute atomic E-state index is 0.0872. The molecular weight excluding hydrogens is 402 g/mol. The molecule has 0 N–H and O–H groups in total. The zero-order valence-corrected chi connectivity index (χ0v) is 19.2. The Balaban J connectivity index is 1.41. The number of aryl methyl sites for hydroxylation is 2. The van der Waals surface area contributed by atoms with Gasteiger partial charge >= 0.3 is 0 Å². The summed E-state index contributed by atoms with van der Waals surface area (Å²) < 4.78 is 23.8. The fourth-order valence-electron chi connectivity index (χ4n) is 5.35. The maximum absolute atomic E-state index is 8.78. The van der Waals surface area contributed by atoms with E-state index in [9.17, 15) is 0 Å². The molecule has 1 aliphatic carbocycles. The second kappa shape index (κ2) is 8.19. The van der Waals surface area contributed by atoms with Gasteiger partial charge in [0.15, 0.2) is 0 Å². The topological polar surface area (TPSA) is 26.0 Å². The zero-order chi connectivity index (χ0) is 24.2. The molecule has 1 aliphatic rings. The number of nitrogens with zero attached hydrogens (tertiary/aromatic N) is 1. The summed E-state index contributed by atoms with van der Waals surface area (Å²) in [5.74, 6) is 0.0872. The normalized spacial score (nSPS) is 15.8. The smallest absolute Gasteiger partial charge is 0.136 e. The van der Waals surface area contributed by atoms with Gasteiger partial charge in [0.2, 0.25) is 0 Å². The van der Waals surface area contributed by atoms with Gasteiger partial charge in [-0.25, -0.2) is 0 Å². The van der Waals surface area contributed by atoms with Crippen LogP contribution in [0, 0.1) is 19.8 Å². The van der Waals surface area contributed by atoms with Gasteiger partial charge in [0, 0.05) is 25.3 Å². The van der Waals surface area contributed by atoms with Crippen LogP contribution in [0.5, 0.6) is 0 Å².